The van der Waals surface area contributed by atoms with Crippen molar-refractivity contribution in [2.45, 2.75) is 115 Å². The van der Waals surface area contributed by atoms with Crippen LogP contribution in [0.2, 0.25) is 0 Å². The molecule has 8 atom stereocenters. The Morgan fingerprint density at radius 3 is 2.37 bits per heavy atom. The summed E-state index contributed by atoms with van der Waals surface area (Å²) in [6.07, 6.45) is 4.01. The van der Waals surface area contributed by atoms with Crippen LogP contribution in [0.3, 0.4) is 0 Å². The molecule has 4 N–H and O–H groups in total. The van der Waals surface area contributed by atoms with Crippen LogP contribution in [0.25, 0.3) is 0 Å². The zero-order chi connectivity index (χ0) is 26.2. The lowest BCUT2D eigenvalue weighted by Gasteiger charge is -2.67. The number of ketones is 1. The van der Waals surface area contributed by atoms with E-state index in [0.29, 0.717) is 19.3 Å². The summed E-state index contributed by atoms with van der Waals surface area (Å²) < 4.78 is 6.01. The molecule has 4 rings (SSSR count). The number of ether oxygens (including phenoxy) is 1. The number of Topliss-reactive ketones (excluding diaryl/α,β-unsaturated/α-hetero) is 1. The van der Waals surface area contributed by atoms with Gasteiger partial charge >= 0.3 is 5.97 Å². The number of aliphatic hydroxyl groups excluding tert-OH is 1. The monoisotopic (exact) mass is 490 g/mol. The van der Waals surface area contributed by atoms with E-state index in [1.807, 2.05) is 26.8 Å². The van der Waals surface area contributed by atoms with Gasteiger partial charge in [-0.25, -0.2) is 4.79 Å². The van der Waals surface area contributed by atoms with Gasteiger partial charge in [-0.2, -0.15) is 0 Å². The predicted octanol–water partition coefficient (Wildman–Crippen LogP) is 2.98. The molecule has 0 spiro atoms. The van der Waals surface area contributed by atoms with Gasteiger partial charge in [0.2, 0.25) is 0 Å². The van der Waals surface area contributed by atoms with E-state index in [1.165, 1.54) is 13.0 Å². The number of carbonyl (C=O) groups excluding carboxylic acids is 2. The maximum atomic E-state index is 13.0. The average molecular weight is 491 g/mol. The summed E-state index contributed by atoms with van der Waals surface area (Å²) in [6.45, 7) is 10.7. The van der Waals surface area contributed by atoms with Crippen molar-refractivity contribution >= 4 is 11.8 Å². The first-order valence-corrected chi connectivity index (χ1v) is 13.0. The minimum atomic E-state index is -1.95. The first kappa shape index (κ1) is 26.5. The molecular formula is C28H42O7. The van der Waals surface area contributed by atoms with Gasteiger partial charge in [-0.05, 0) is 77.0 Å². The molecule has 0 unspecified atom stereocenters. The third-order valence-electron chi connectivity index (χ3n) is 10.7. The number of carbonyl (C=O) groups is 2. The normalized spacial score (nSPS) is 47.5. The fraction of sp³-hybridized carbons (Fsp3) is 0.786. The summed E-state index contributed by atoms with van der Waals surface area (Å²) in [7, 11) is 0. The van der Waals surface area contributed by atoms with Gasteiger partial charge in [-0.3, -0.25) is 4.79 Å². The van der Waals surface area contributed by atoms with E-state index in [9.17, 15) is 30.0 Å². The van der Waals surface area contributed by atoms with Crippen LogP contribution < -0.4 is 0 Å². The van der Waals surface area contributed by atoms with Crippen LogP contribution >= 0.6 is 0 Å². The third-order valence-corrected chi connectivity index (χ3v) is 10.7. The molecular weight excluding hydrogens is 448 g/mol. The summed E-state index contributed by atoms with van der Waals surface area (Å²) in [6, 6.07) is 0. The van der Waals surface area contributed by atoms with Crippen molar-refractivity contribution in [2.24, 2.45) is 22.7 Å². The van der Waals surface area contributed by atoms with Crippen molar-refractivity contribution in [1.29, 1.82) is 0 Å². The SMILES string of the molecule is CC(=O)[C@]1(O)CC[C@]2(O)[C@]1(C)[C@H](OC(=O)/C=C(\C)C(C)C)C[C@@H]1[C@@]3(C)CC[C@@H](O)CC3=CC[C@@]12O. The van der Waals surface area contributed by atoms with Crippen molar-refractivity contribution in [2.75, 3.05) is 0 Å². The van der Waals surface area contributed by atoms with Gasteiger partial charge < -0.3 is 25.2 Å². The Bertz CT molecular complexity index is 984. The lowest BCUT2D eigenvalue weighted by molar-refractivity contribution is -0.314. The minimum absolute atomic E-state index is 0.0172. The van der Waals surface area contributed by atoms with Crippen LogP contribution in [0.5, 0.6) is 0 Å². The van der Waals surface area contributed by atoms with Gasteiger partial charge in [0.1, 0.15) is 22.9 Å². The van der Waals surface area contributed by atoms with E-state index < -0.39 is 57.5 Å². The van der Waals surface area contributed by atoms with Crippen molar-refractivity contribution in [1.82, 2.24) is 0 Å². The van der Waals surface area contributed by atoms with Crippen molar-refractivity contribution in [3.63, 3.8) is 0 Å². The minimum Gasteiger partial charge on any atom is -0.458 e. The second-order valence-corrected chi connectivity index (χ2v) is 12.4. The molecule has 0 aliphatic heterocycles. The molecule has 0 aromatic carbocycles. The summed E-state index contributed by atoms with van der Waals surface area (Å²) >= 11 is 0. The second kappa shape index (κ2) is 8.23. The smallest absolute Gasteiger partial charge is 0.330 e. The number of fused-ring (bicyclic) bond motifs is 5. The molecule has 35 heavy (non-hydrogen) atoms. The van der Waals surface area contributed by atoms with Gasteiger partial charge in [-0.15, -0.1) is 0 Å². The van der Waals surface area contributed by atoms with E-state index in [4.69, 9.17) is 4.74 Å². The molecule has 4 aliphatic carbocycles. The zero-order valence-electron chi connectivity index (χ0n) is 21.9. The molecule has 0 aromatic heterocycles. The van der Waals surface area contributed by atoms with E-state index in [-0.39, 0.29) is 31.6 Å². The molecule has 0 amide bonds. The first-order valence-electron chi connectivity index (χ1n) is 13.0. The Morgan fingerprint density at radius 1 is 1.11 bits per heavy atom. The molecule has 196 valence electrons. The largest absolute Gasteiger partial charge is 0.458 e. The number of allylic oxidation sites excluding steroid dienone is 1. The van der Waals surface area contributed by atoms with Crippen LogP contribution in [0.1, 0.15) is 86.5 Å². The van der Waals surface area contributed by atoms with Crippen LogP contribution in [-0.4, -0.2) is 61.2 Å². The van der Waals surface area contributed by atoms with Gasteiger partial charge in [-0.1, -0.05) is 38.0 Å². The average Bonchev–Trinajstić information content (AvgIpc) is 3.00. The van der Waals surface area contributed by atoms with E-state index in [1.54, 1.807) is 6.92 Å². The topological polar surface area (TPSA) is 124 Å². The predicted molar refractivity (Wildman–Crippen MR) is 130 cm³/mol. The first-order chi connectivity index (χ1) is 16.1. The van der Waals surface area contributed by atoms with Gasteiger partial charge in [0.15, 0.2) is 5.78 Å². The fourth-order valence-electron chi connectivity index (χ4n) is 7.90. The van der Waals surface area contributed by atoms with Gasteiger partial charge in [0.05, 0.1) is 11.5 Å². The van der Waals surface area contributed by atoms with Gasteiger partial charge in [0, 0.05) is 12.0 Å². The molecule has 0 heterocycles. The second-order valence-electron chi connectivity index (χ2n) is 12.4. The maximum Gasteiger partial charge on any atom is 0.330 e. The highest BCUT2D eigenvalue weighted by atomic mass is 16.5. The van der Waals surface area contributed by atoms with Gasteiger partial charge in [0.25, 0.3) is 0 Å². The van der Waals surface area contributed by atoms with Crippen molar-refractivity contribution < 1.29 is 34.8 Å². The molecule has 3 saturated carbocycles. The summed E-state index contributed by atoms with van der Waals surface area (Å²) in [5.74, 6) is -1.41. The number of rotatable bonds is 4. The van der Waals surface area contributed by atoms with Crippen LogP contribution in [0, 0.1) is 22.7 Å². The Balaban J connectivity index is 1.85. The van der Waals surface area contributed by atoms with Crippen LogP contribution in [0.4, 0.5) is 0 Å². The molecule has 0 bridgehead atoms. The quantitative estimate of drug-likeness (QED) is 0.271. The molecule has 7 nitrogen and oxygen atoms in total. The summed E-state index contributed by atoms with van der Waals surface area (Å²) in [4.78, 5) is 25.9. The Hall–Kier alpha value is -1.54. The van der Waals surface area contributed by atoms with Crippen molar-refractivity contribution in [3.8, 4) is 0 Å². The van der Waals surface area contributed by atoms with Crippen LogP contribution in [0.15, 0.2) is 23.3 Å². The highest BCUT2D eigenvalue weighted by Crippen LogP contribution is 2.70. The maximum absolute atomic E-state index is 13.0. The highest BCUT2D eigenvalue weighted by Gasteiger charge is 2.81. The number of aliphatic hydroxyl groups is 4. The molecule has 0 radical (unpaired) electrons. The fourth-order valence-corrected chi connectivity index (χ4v) is 7.90. The Morgan fingerprint density at radius 2 is 1.77 bits per heavy atom. The number of esters is 1. The van der Waals surface area contributed by atoms with E-state index >= 15 is 0 Å². The summed E-state index contributed by atoms with van der Waals surface area (Å²) in [5.41, 5.74) is -5.62. The third kappa shape index (κ3) is 3.38. The highest BCUT2D eigenvalue weighted by molar-refractivity contribution is 5.87. The molecule has 0 saturated heterocycles. The molecule has 4 aliphatic rings. The Kier molecular flexibility index (Phi) is 6.24. The van der Waals surface area contributed by atoms with Crippen molar-refractivity contribution in [3.05, 3.63) is 23.3 Å². The van der Waals surface area contributed by atoms with Crippen LogP contribution in [-0.2, 0) is 14.3 Å². The summed E-state index contributed by atoms with van der Waals surface area (Å²) in [5, 5.41) is 46.7. The van der Waals surface area contributed by atoms with E-state index in [0.717, 1.165) is 11.1 Å². The number of hydrogen-bond donors (Lipinski definition) is 4. The Labute approximate surface area is 208 Å². The molecule has 3 fully saturated rings. The number of hydrogen-bond acceptors (Lipinski definition) is 7. The zero-order valence-corrected chi connectivity index (χ0v) is 21.9. The van der Waals surface area contributed by atoms with E-state index in [2.05, 4.69) is 6.92 Å². The standard InChI is InChI=1S/C28H42O7/c1-16(2)17(3)13-23(31)35-22-15-21-24(5)9-8-20(30)14-19(24)7-10-27(21,33)28(34)12-11-26(32,18(4)29)25(22,28)6/h7,13,16,20-22,30,32-34H,8-12,14-15H2,1-6H3/b17-13+/t20-,21-,22-,24+,25-,26-,27-,28+/m1/s1. The lowest BCUT2D eigenvalue weighted by Crippen LogP contribution is -2.78. The lowest BCUT2D eigenvalue weighted by atomic mass is 9.42. The molecule has 7 heteroatoms. The molecule has 0 aromatic rings.